The Morgan fingerprint density at radius 1 is 1.35 bits per heavy atom. The Bertz CT molecular complexity index is 261. The zero-order chi connectivity index (χ0) is 13.3. The predicted octanol–water partition coefficient (Wildman–Crippen LogP) is 3.52. The standard InChI is InChI=1S/C10H21O4PS2/c1-4-6-13-15(16,14-7-5-2)17-8-9(3)10(11)12/h9H,4-8H2,1-3H3,(H,11,12). The maximum Gasteiger partial charge on any atom is 0.307 e. The fourth-order valence-corrected chi connectivity index (χ4v) is 5.48. The first-order valence-corrected chi connectivity index (χ1v) is 9.94. The molecule has 0 aromatic rings. The quantitative estimate of drug-likeness (QED) is 0.623. The first kappa shape index (κ1) is 17.4. The van der Waals surface area contributed by atoms with Crippen molar-refractivity contribution in [2.75, 3.05) is 19.0 Å². The smallest absolute Gasteiger partial charge is 0.307 e. The van der Waals surface area contributed by atoms with E-state index in [2.05, 4.69) is 0 Å². The Morgan fingerprint density at radius 3 is 2.18 bits per heavy atom. The lowest BCUT2D eigenvalue weighted by Gasteiger charge is -2.21. The molecule has 4 nitrogen and oxygen atoms in total. The second kappa shape index (κ2) is 9.34. The SMILES string of the molecule is CCCOP(=S)(OCCC)SCC(C)C(=O)O. The van der Waals surface area contributed by atoms with Crippen LogP contribution in [0.1, 0.15) is 33.6 Å². The third-order valence-corrected chi connectivity index (χ3v) is 7.38. The molecule has 1 N–H and O–H groups in total. The van der Waals surface area contributed by atoms with Crippen LogP contribution in [-0.2, 0) is 25.6 Å². The lowest BCUT2D eigenvalue weighted by molar-refractivity contribution is -0.140. The highest BCUT2D eigenvalue weighted by atomic mass is 32.9. The minimum Gasteiger partial charge on any atom is -0.481 e. The molecule has 0 spiro atoms. The third kappa shape index (κ3) is 8.16. The Labute approximate surface area is 112 Å². The van der Waals surface area contributed by atoms with Gasteiger partial charge in [0.1, 0.15) is 0 Å². The number of carboxylic acids is 1. The van der Waals surface area contributed by atoms with E-state index in [0.29, 0.717) is 19.0 Å². The van der Waals surface area contributed by atoms with Crippen LogP contribution in [0.3, 0.4) is 0 Å². The third-order valence-electron chi connectivity index (χ3n) is 1.81. The molecule has 1 atom stereocenters. The molecule has 0 aliphatic rings. The molecule has 0 fully saturated rings. The molecule has 0 aliphatic carbocycles. The van der Waals surface area contributed by atoms with Crippen molar-refractivity contribution in [3.8, 4) is 0 Å². The van der Waals surface area contributed by atoms with Gasteiger partial charge in [0.05, 0.1) is 19.1 Å². The van der Waals surface area contributed by atoms with Gasteiger partial charge >= 0.3 is 5.97 Å². The van der Waals surface area contributed by atoms with E-state index >= 15 is 0 Å². The van der Waals surface area contributed by atoms with E-state index in [9.17, 15) is 4.79 Å². The number of carbonyl (C=O) groups is 1. The summed E-state index contributed by atoms with van der Waals surface area (Å²) in [5.74, 6) is -0.817. The number of hydrogen-bond acceptors (Lipinski definition) is 5. The molecule has 0 bridgehead atoms. The van der Waals surface area contributed by atoms with Crippen LogP contribution in [0.5, 0.6) is 0 Å². The van der Waals surface area contributed by atoms with Gasteiger partial charge in [0, 0.05) is 5.75 Å². The molecule has 0 aliphatic heterocycles. The summed E-state index contributed by atoms with van der Waals surface area (Å²) < 4.78 is 11.2. The maximum absolute atomic E-state index is 10.7. The number of aliphatic carboxylic acids is 1. The summed E-state index contributed by atoms with van der Waals surface area (Å²) in [5.41, 5.74) is -2.36. The molecule has 1 unspecified atom stereocenters. The second-order valence-corrected chi connectivity index (χ2v) is 10.0. The van der Waals surface area contributed by atoms with Crippen molar-refractivity contribution in [1.29, 1.82) is 0 Å². The Morgan fingerprint density at radius 2 is 1.82 bits per heavy atom. The van der Waals surface area contributed by atoms with Crippen molar-refractivity contribution >= 4 is 34.9 Å². The van der Waals surface area contributed by atoms with Crippen LogP contribution in [0.15, 0.2) is 0 Å². The lowest BCUT2D eigenvalue weighted by Crippen LogP contribution is -2.12. The van der Waals surface area contributed by atoms with Crippen LogP contribution >= 0.6 is 17.1 Å². The number of hydrogen-bond donors (Lipinski definition) is 1. The van der Waals surface area contributed by atoms with Gasteiger partial charge in [-0.05, 0) is 24.6 Å². The van der Waals surface area contributed by atoms with E-state index in [1.165, 1.54) is 11.4 Å². The van der Waals surface area contributed by atoms with E-state index in [0.717, 1.165) is 12.8 Å². The monoisotopic (exact) mass is 300 g/mol. The minimum absolute atomic E-state index is 0.431. The van der Waals surface area contributed by atoms with Crippen LogP contribution in [0.25, 0.3) is 0 Å². The summed E-state index contributed by atoms with van der Waals surface area (Å²) in [5, 5.41) is 8.81. The lowest BCUT2D eigenvalue weighted by atomic mass is 10.2. The van der Waals surface area contributed by atoms with Crippen molar-refractivity contribution in [1.82, 2.24) is 0 Å². The first-order chi connectivity index (χ1) is 7.95. The van der Waals surface area contributed by atoms with Crippen LogP contribution in [-0.4, -0.2) is 30.0 Å². The summed E-state index contributed by atoms with van der Waals surface area (Å²) >= 11 is 6.72. The van der Waals surface area contributed by atoms with Crippen molar-refractivity contribution < 1.29 is 18.9 Å². The van der Waals surface area contributed by atoms with Crippen LogP contribution in [0.4, 0.5) is 0 Å². The molecule has 0 aromatic carbocycles. The highest BCUT2D eigenvalue weighted by Gasteiger charge is 2.22. The van der Waals surface area contributed by atoms with Crippen molar-refractivity contribution in [3.63, 3.8) is 0 Å². The molecule has 102 valence electrons. The molecule has 0 radical (unpaired) electrons. The van der Waals surface area contributed by atoms with E-state index < -0.39 is 17.6 Å². The maximum atomic E-state index is 10.7. The Balaban J connectivity index is 4.26. The zero-order valence-corrected chi connectivity index (χ0v) is 13.1. The molecule has 0 heterocycles. The van der Waals surface area contributed by atoms with Crippen molar-refractivity contribution in [2.24, 2.45) is 5.92 Å². The normalized spacial score (nSPS) is 13.6. The molecule has 0 amide bonds. The van der Waals surface area contributed by atoms with E-state index in [4.69, 9.17) is 26.0 Å². The molecular formula is C10H21O4PS2. The fraction of sp³-hybridized carbons (Fsp3) is 0.900. The summed E-state index contributed by atoms with van der Waals surface area (Å²) in [4.78, 5) is 10.7. The molecule has 0 aromatic heterocycles. The van der Waals surface area contributed by atoms with Gasteiger partial charge in [0.25, 0.3) is 0 Å². The summed E-state index contributed by atoms with van der Waals surface area (Å²) in [7, 11) is 0. The van der Waals surface area contributed by atoms with Gasteiger partial charge < -0.3 is 14.2 Å². The van der Waals surface area contributed by atoms with Crippen molar-refractivity contribution in [3.05, 3.63) is 0 Å². The summed E-state index contributed by atoms with van der Waals surface area (Å²) in [6.07, 6.45) is 1.76. The highest BCUT2D eigenvalue weighted by molar-refractivity contribution is 8.67. The summed E-state index contributed by atoms with van der Waals surface area (Å²) in [6, 6.07) is 0. The van der Waals surface area contributed by atoms with E-state index in [1.807, 2.05) is 13.8 Å². The Hall–Kier alpha value is 0.390. The first-order valence-electron chi connectivity index (χ1n) is 5.71. The minimum atomic E-state index is -2.36. The largest absolute Gasteiger partial charge is 0.481 e. The summed E-state index contributed by atoms with van der Waals surface area (Å²) in [6.45, 7) is 6.80. The van der Waals surface area contributed by atoms with Gasteiger partial charge in [-0.2, -0.15) is 0 Å². The van der Waals surface area contributed by atoms with Gasteiger partial charge in [-0.15, -0.1) is 0 Å². The number of carboxylic acid groups (broad SMARTS) is 1. The van der Waals surface area contributed by atoms with E-state index in [1.54, 1.807) is 6.92 Å². The van der Waals surface area contributed by atoms with Gasteiger partial charge in [0.15, 0.2) is 0 Å². The topological polar surface area (TPSA) is 55.8 Å². The van der Waals surface area contributed by atoms with Crippen LogP contribution in [0, 0.1) is 5.92 Å². The molecule has 7 heteroatoms. The van der Waals surface area contributed by atoms with Gasteiger partial charge in [0.2, 0.25) is 5.69 Å². The van der Waals surface area contributed by atoms with Crippen molar-refractivity contribution in [2.45, 2.75) is 33.6 Å². The fourth-order valence-electron chi connectivity index (χ4n) is 0.792. The molecule has 0 saturated heterocycles. The highest BCUT2D eigenvalue weighted by Crippen LogP contribution is 2.61. The zero-order valence-electron chi connectivity index (χ0n) is 10.5. The average Bonchev–Trinajstić information content (AvgIpc) is 2.31. The molecule has 0 rings (SSSR count). The van der Waals surface area contributed by atoms with Gasteiger partial charge in [-0.1, -0.05) is 32.2 Å². The van der Waals surface area contributed by atoms with Crippen LogP contribution < -0.4 is 0 Å². The van der Waals surface area contributed by atoms with Gasteiger partial charge in [-0.25, -0.2) is 0 Å². The van der Waals surface area contributed by atoms with E-state index in [-0.39, 0.29) is 0 Å². The average molecular weight is 300 g/mol. The predicted molar refractivity (Wildman–Crippen MR) is 76.0 cm³/mol. The number of rotatable bonds is 10. The second-order valence-electron chi connectivity index (χ2n) is 3.65. The molecule has 0 saturated carbocycles. The van der Waals surface area contributed by atoms with Gasteiger partial charge in [-0.3, -0.25) is 4.79 Å². The van der Waals surface area contributed by atoms with Crippen LogP contribution in [0.2, 0.25) is 0 Å². The Kier molecular flexibility index (Phi) is 9.55. The molecule has 17 heavy (non-hydrogen) atoms. The molecular weight excluding hydrogens is 279 g/mol.